The maximum absolute atomic E-state index is 12.3. The van der Waals surface area contributed by atoms with Crippen LogP contribution in [0.5, 0.6) is 0 Å². The van der Waals surface area contributed by atoms with Gasteiger partial charge in [0.15, 0.2) is 0 Å². The molecule has 1 fully saturated rings. The summed E-state index contributed by atoms with van der Waals surface area (Å²) in [6.07, 6.45) is 0.510. The van der Waals surface area contributed by atoms with Crippen molar-refractivity contribution in [2.75, 3.05) is 25.0 Å². The SMILES string of the molecule is [B]c1ccc(N2CCC(N(C)C(=O)OC(C)(C)C)C2)c2ccc(=O)oc12. The Bertz CT molecular complexity index is 887. The molecule has 1 aliphatic rings. The van der Waals surface area contributed by atoms with Crippen LogP contribution in [0, 0.1) is 0 Å². The number of carbonyl (C=O) groups is 1. The van der Waals surface area contributed by atoms with E-state index >= 15 is 0 Å². The molecule has 1 aromatic carbocycles. The van der Waals surface area contributed by atoms with Crippen LogP contribution in [0.25, 0.3) is 11.0 Å². The van der Waals surface area contributed by atoms with Crippen molar-refractivity contribution in [1.82, 2.24) is 4.90 Å². The third-order valence-electron chi connectivity index (χ3n) is 4.53. The molecule has 0 aliphatic carbocycles. The lowest BCUT2D eigenvalue weighted by Crippen LogP contribution is -2.42. The Morgan fingerprint density at radius 3 is 2.73 bits per heavy atom. The van der Waals surface area contributed by atoms with Crippen LogP contribution in [-0.4, -0.2) is 50.6 Å². The molecule has 26 heavy (non-hydrogen) atoms. The van der Waals surface area contributed by atoms with Crippen molar-refractivity contribution >= 4 is 36.1 Å². The number of amides is 1. The lowest BCUT2D eigenvalue weighted by molar-refractivity contribution is 0.0238. The minimum atomic E-state index is -0.520. The molecular weight excluding hydrogens is 331 g/mol. The summed E-state index contributed by atoms with van der Waals surface area (Å²) in [5.74, 6) is 0. The standard InChI is InChI=1S/C19H23BN2O4/c1-19(2,3)26-18(24)21(4)12-9-10-22(11-12)15-7-6-14(20)17-13(15)5-8-16(23)25-17/h5-8,12H,9-11H2,1-4H3. The maximum Gasteiger partial charge on any atom is 0.410 e. The van der Waals surface area contributed by atoms with Gasteiger partial charge in [-0.2, -0.15) is 0 Å². The second-order valence-corrected chi connectivity index (χ2v) is 7.65. The Morgan fingerprint density at radius 1 is 1.31 bits per heavy atom. The molecule has 2 radical (unpaired) electrons. The third kappa shape index (κ3) is 3.71. The van der Waals surface area contributed by atoms with E-state index in [9.17, 15) is 9.59 Å². The molecule has 0 bridgehead atoms. The summed E-state index contributed by atoms with van der Waals surface area (Å²) >= 11 is 0. The highest BCUT2D eigenvalue weighted by Gasteiger charge is 2.31. The zero-order valence-electron chi connectivity index (χ0n) is 15.6. The molecular formula is C19H23BN2O4. The van der Waals surface area contributed by atoms with E-state index in [4.69, 9.17) is 17.0 Å². The minimum absolute atomic E-state index is 0.0492. The third-order valence-corrected chi connectivity index (χ3v) is 4.53. The van der Waals surface area contributed by atoms with Gasteiger partial charge in [0.1, 0.15) is 19.0 Å². The van der Waals surface area contributed by atoms with Gasteiger partial charge < -0.3 is 19.0 Å². The molecule has 1 atom stereocenters. The van der Waals surface area contributed by atoms with E-state index in [-0.39, 0.29) is 12.1 Å². The summed E-state index contributed by atoms with van der Waals surface area (Å²) < 4.78 is 10.7. The monoisotopic (exact) mass is 354 g/mol. The molecule has 1 aromatic heterocycles. The normalized spacial score (nSPS) is 17.5. The highest BCUT2D eigenvalue weighted by atomic mass is 16.6. The van der Waals surface area contributed by atoms with Crippen LogP contribution in [0.15, 0.2) is 33.5 Å². The quantitative estimate of drug-likeness (QED) is 0.610. The van der Waals surface area contributed by atoms with Gasteiger partial charge in [-0.1, -0.05) is 11.5 Å². The molecule has 136 valence electrons. The van der Waals surface area contributed by atoms with E-state index in [0.717, 1.165) is 24.0 Å². The van der Waals surface area contributed by atoms with Crippen LogP contribution in [0.4, 0.5) is 10.5 Å². The molecule has 0 spiro atoms. The van der Waals surface area contributed by atoms with Gasteiger partial charge >= 0.3 is 11.7 Å². The molecule has 1 saturated heterocycles. The van der Waals surface area contributed by atoms with Crippen molar-refractivity contribution in [2.45, 2.75) is 38.8 Å². The van der Waals surface area contributed by atoms with Crippen molar-refractivity contribution in [3.63, 3.8) is 0 Å². The second kappa shape index (κ2) is 6.70. The number of benzene rings is 1. The Balaban J connectivity index is 1.81. The van der Waals surface area contributed by atoms with E-state index < -0.39 is 11.2 Å². The fourth-order valence-corrected chi connectivity index (χ4v) is 3.20. The van der Waals surface area contributed by atoms with Gasteiger partial charge in [-0.05, 0) is 39.3 Å². The second-order valence-electron chi connectivity index (χ2n) is 7.65. The largest absolute Gasteiger partial charge is 0.444 e. The summed E-state index contributed by atoms with van der Waals surface area (Å²) in [4.78, 5) is 27.6. The van der Waals surface area contributed by atoms with Crippen molar-refractivity contribution in [1.29, 1.82) is 0 Å². The predicted molar refractivity (Wildman–Crippen MR) is 102 cm³/mol. The van der Waals surface area contributed by atoms with Crippen LogP contribution >= 0.6 is 0 Å². The van der Waals surface area contributed by atoms with Crippen LogP contribution < -0.4 is 16.0 Å². The van der Waals surface area contributed by atoms with Crippen molar-refractivity contribution < 1.29 is 13.9 Å². The van der Waals surface area contributed by atoms with Gasteiger partial charge in [-0.25, -0.2) is 9.59 Å². The van der Waals surface area contributed by atoms with Crippen LogP contribution in [-0.2, 0) is 4.74 Å². The molecule has 1 aliphatic heterocycles. The number of fused-ring (bicyclic) bond motifs is 1. The van der Waals surface area contributed by atoms with Gasteiger partial charge in [-0.3, -0.25) is 0 Å². The molecule has 3 rings (SSSR count). The molecule has 1 unspecified atom stereocenters. The van der Waals surface area contributed by atoms with E-state index in [1.807, 2.05) is 26.8 Å². The summed E-state index contributed by atoms with van der Waals surface area (Å²) in [6, 6.07) is 6.84. The maximum atomic E-state index is 12.3. The average molecular weight is 354 g/mol. The lowest BCUT2D eigenvalue weighted by atomic mass is 9.93. The summed E-state index contributed by atoms with van der Waals surface area (Å²) in [5, 5.41) is 0.796. The number of carbonyl (C=O) groups excluding carboxylic acids is 1. The lowest BCUT2D eigenvalue weighted by Gasteiger charge is -2.29. The highest BCUT2D eigenvalue weighted by Crippen LogP contribution is 2.29. The average Bonchev–Trinajstić information content (AvgIpc) is 3.03. The minimum Gasteiger partial charge on any atom is -0.444 e. The Labute approximate surface area is 154 Å². The number of ether oxygens (including phenoxy) is 1. The van der Waals surface area contributed by atoms with Crippen LogP contribution in [0.3, 0.4) is 0 Å². The first-order valence-corrected chi connectivity index (χ1v) is 8.69. The van der Waals surface area contributed by atoms with E-state index in [1.165, 1.54) is 6.07 Å². The van der Waals surface area contributed by atoms with Gasteiger partial charge in [0.05, 0.1) is 6.04 Å². The predicted octanol–water partition coefficient (Wildman–Crippen LogP) is 2.03. The first kappa shape index (κ1) is 18.4. The van der Waals surface area contributed by atoms with E-state index in [0.29, 0.717) is 17.6 Å². The molecule has 0 saturated carbocycles. The zero-order chi connectivity index (χ0) is 19.1. The topological polar surface area (TPSA) is 63.0 Å². The molecule has 6 nitrogen and oxygen atoms in total. The van der Waals surface area contributed by atoms with Crippen molar-refractivity contribution in [2.24, 2.45) is 0 Å². The molecule has 2 heterocycles. The van der Waals surface area contributed by atoms with E-state index in [2.05, 4.69) is 4.90 Å². The summed E-state index contributed by atoms with van der Waals surface area (Å²) in [5.41, 5.74) is 0.833. The Kier molecular flexibility index (Phi) is 4.73. The first-order chi connectivity index (χ1) is 12.2. The number of hydrogen-bond donors (Lipinski definition) is 0. The number of hydrogen-bond acceptors (Lipinski definition) is 5. The fraction of sp³-hybridized carbons (Fsp3) is 0.474. The van der Waals surface area contributed by atoms with Gasteiger partial charge in [0.2, 0.25) is 0 Å². The van der Waals surface area contributed by atoms with Crippen molar-refractivity contribution in [3.8, 4) is 0 Å². The number of rotatable bonds is 2. The smallest absolute Gasteiger partial charge is 0.410 e. The summed E-state index contributed by atoms with van der Waals surface area (Å²) in [6.45, 7) is 7.03. The molecule has 2 aromatic rings. The number of likely N-dealkylation sites (N-methyl/N-ethyl adjacent to an activating group) is 1. The van der Waals surface area contributed by atoms with Crippen LogP contribution in [0.2, 0.25) is 0 Å². The van der Waals surface area contributed by atoms with Gasteiger partial charge in [-0.15, -0.1) is 0 Å². The van der Waals surface area contributed by atoms with E-state index in [1.54, 1.807) is 24.1 Å². The van der Waals surface area contributed by atoms with Gasteiger partial charge in [0.25, 0.3) is 0 Å². The molecule has 1 amide bonds. The van der Waals surface area contributed by atoms with Gasteiger partial charge in [0, 0.05) is 37.3 Å². The highest BCUT2D eigenvalue weighted by molar-refractivity contribution is 6.38. The Hall–Kier alpha value is -2.44. The fourth-order valence-electron chi connectivity index (χ4n) is 3.20. The molecule has 7 heteroatoms. The molecule has 0 N–H and O–H groups in total. The number of nitrogens with zero attached hydrogens (tertiary/aromatic N) is 2. The summed E-state index contributed by atoms with van der Waals surface area (Å²) in [7, 11) is 7.71. The Morgan fingerprint density at radius 2 is 2.04 bits per heavy atom. The first-order valence-electron chi connectivity index (χ1n) is 8.69. The van der Waals surface area contributed by atoms with Crippen LogP contribution in [0.1, 0.15) is 27.2 Å². The van der Waals surface area contributed by atoms with Crippen molar-refractivity contribution in [3.05, 3.63) is 34.7 Å². The zero-order valence-corrected chi connectivity index (χ0v) is 15.6. The number of anilines is 1.